The Morgan fingerprint density at radius 1 is 1.18 bits per heavy atom. The molecule has 2 aliphatic heterocycles. The van der Waals surface area contributed by atoms with Crippen LogP contribution >= 0.6 is 0 Å². The molecule has 0 N–H and O–H groups in total. The summed E-state index contributed by atoms with van der Waals surface area (Å²) >= 11 is 0.359. The van der Waals surface area contributed by atoms with Crippen molar-refractivity contribution in [2.75, 3.05) is 25.1 Å². The number of piperazine rings is 1. The molecule has 2 heterocycles. The Morgan fingerprint density at radius 3 is 2.18 bits per heavy atom. The van der Waals surface area contributed by atoms with Crippen LogP contribution in [0, 0.1) is 0 Å². The molecule has 0 aromatic rings. The van der Waals surface area contributed by atoms with Crippen molar-refractivity contribution in [3.8, 4) is 0 Å². The number of rotatable bonds is 1. The first-order chi connectivity index (χ1) is 5.31. The average molecular weight is 267 g/mol. The zero-order valence-electron chi connectivity index (χ0n) is 7.26. The zero-order valence-corrected chi connectivity index (χ0v) is 9.41. The minimum atomic E-state index is 0.359. The predicted molar refractivity (Wildman–Crippen MR) is 42.1 cm³/mol. The molecule has 2 bridgehead atoms. The van der Waals surface area contributed by atoms with Crippen molar-refractivity contribution in [1.29, 1.82) is 0 Å². The molecule has 11 heavy (non-hydrogen) atoms. The van der Waals surface area contributed by atoms with Crippen molar-refractivity contribution in [1.82, 2.24) is 8.01 Å². The summed E-state index contributed by atoms with van der Waals surface area (Å²) in [6.45, 7) is 2.72. The van der Waals surface area contributed by atoms with Crippen LogP contribution in [0.4, 0.5) is 0 Å². The molecule has 0 aromatic heterocycles. The van der Waals surface area contributed by atoms with E-state index in [1.165, 1.54) is 25.9 Å². The third-order valence-corrected chi connectivity index (χ3v) is 5.19. The first-order valence-electron chi connectivity index (χ1n) is 4.28. The van der Waals surface area contributed by atoms with Crippen molar-refractivity contribution >= 4 is 0 Å². The fraction of sp³-hybridized carbons (Fsp3) is 1.00. The Balaban J connectivity index is 2.02. The predicted octanol–water partition coefficient (Wildman–Crippen LogP) is -2.60. The van der Waals surface area contributed by atoms with Gasteiger partial charge in [-0.05, 0) is 0 Å². The number of halogens is 1. The monoisotopic (exact) mass is 267 g/mol. The molecule has 66 valence electrons. The number of fused-ring (bicyclic) bond motifs is 2. The molecule has 0 radical (unpaired) electrons. The van der Waals surface area contributed by atoms with Gasteiger partial charge in [-0.25, -0.2) is 0 Å². The number of hydrogen-bond acceptors (Lipinski definition) is 2. The maximum atomic E-state index is 2.70. The molecule has 0 saturated carbocycles. The molecule has 2 saturated heterocycles. The second kappa shape index (κ2) is 3.18. The molecule has 2 atom stereocenters. The molecule has 2 fully saturated rings. The fourth-order valence-electron chi connectivity index (χ4n) is 2.20. The summed E-state index contributed by atoms with van der Waals surface area (Å²) in [5.41, 5.74) is 0. The Kier molecular flexibility index (Phi) is 2.39. The summed E-state index contributed by atoms with van der Waals surface area (Å²) in [4.78, 5) is 4.97. The van der Waals surface area contributed by atoms with E-state index in [2.05, 4.69) is 20.0 Å². The van der Waals surface area contributed by atoms with Gasteiger partial charge in [-0.3, -0.25) is 0 Å². The Bertz CT molecular complexity index is 137. The molecule has 0 aromatic carbocycles. The molecule has 3 heteroatoms. The van der Waals surface area contributed by atoms with E-state index in [4.69, 9.17) is 0 Å². The normalized spacial score (nSPS) is 40.2. The summed E-state index contributed by atoms with van der Waals surface area (Å²) in [5.74, 6) is 0. The van der Waals surface area contributed by atoms with Gasteiger partial charge >= 0.3 is 79.5 Å². The first-order valence-corrected chi connectivity index (χ1v) is 7.40. The van der Waals surface area contributed by atoms with Crippen LogP contribution in [0.1, 0.15) is 12.8 Å². The summed E-state index contributed by atoms with van der Waals surface area (Å²) < 4.78 is 2.70. The number of likely N-dealkylation sites (N-methyl/N-ethyl adjacent to an activating group) is 1. The van der Waals surface area contributed by atoms with Crippen LogP contribution in [0.15, 0.2) is 0 Å². The summed E-state index contributed by atoms with van der Waals surface area (Å²) in [7, 11) is 2.30. The van der Waals surface area contributed by atoms with Crippen LogP contribution in [0.25, 0.3) is 0 Å². The number of hydrogen-bond donors (Lipinski definition) is 0. The van der Waals surface area contributed by atoms with Crippen molar-refractivity contribution in [2.45, 2.75) is 24.9 Å². The van der Waals surface area contributed by atoms with Gasteiger partial charge in [0.25, 0.3) is 0 Å². The summed E-state index contributed by atoms with van der Waals surface area (Å²) in [6, 6.07) is 1.79. The van der Waals surface area contributed by atoms with E-state index in [1.54, 1.807) is 0 Å². The Labute approximate surface area is 79.5 Å². The molecular formula is C8H16IN2-. The zero-order chi connectivity index (χ0) is 7.84. The maximum absolute atomic E-state index is 2.70. The molecular weight excluding hydrogens is 251 g/mol. The van der Waals surface area contributed by atoms with Gasteiger partial charge in [0.05, 0.1) is 0 Å². The van der Waals surface area contributed by atoms with Crippen LogP contribution in [0.3, 0.4) is 0 Å². The molecule has 2 rings (SSSR count). The van der Waals surface area contributed by atoms with Crippen molar-refractivity contribution in [2.24, 2.45) is 0 Å². The molecule has 2 nitrogen and oxygen atoms in total. The van der Waals surface area contributed by atoms with Crippen molar-refractivity contribution < 1.29 is 21.5 Å². The molecule has 0 spiro atoms. The third kappa shape index (κ3) is 1.42. The molecule has 2 aliphatic rings. The van der Waals surface area contributed by atoms with E-state index in [1.807, 2.05) is 0 Å². The van der Waals surface area contributed by atoms with Crippen LogP contribution in [0.5, 0.6) is 0 Å². The quantitative estimate of drug-likeness (QED) is 0.292. The van der Waals surface area contributed by atoms with E-state index < -0.39 is 0 Å². The van der Waals surface area contributed by atoms with E-state index in [0.717, 1.165) is 12.1 Å². The number of nitrogens with zero attached hydrogens (tertiary/aromatic N) is 2. The minimum absolute atomic E-state index is 0.359. The van der Waals surface area contributed by atoms with Gasteiger partial charge in [-0.1, -0.05) is 0 Å². The van der Waals surface area contributed by atoms with E-state index in [0.29, 0.717) is 21.5 Å². The van der Waals surface area contributed by atoms with Gasteiger partial charge in [0.2, 0.25) is 0 Å². The Morgan fingerprint density at radius 2 is 1.73 bits per heavy atom. The van der Waals surface area contributed by atoms with Crippen LogP contribution < -0.4 is 21.5 Å². The number of alkyl halides is 1. The second-order valence-electron chi connectivity index (χ2n) is 3.55. The second-order valence-corrected chi connectivity index (χ2v) is 5.88. The van der Waals surface area contributed by atoms with E-state index >= 15 is 0 Å². The standard InChI is InChI=1S/C8H16IN2/c1-9-11-5-7-3-4-8(6-11)10(7)2/h7-8H,3-6H2,1-2H3/q-1. The van der Waals surface area contributed by atoms with Gasteiger partial charge in [-0.15, -0.1) is 0 Å². The molecule has 0 aliphatic carbocycles. The summed E-state index contributed by atoms with van der Waals surface area (Å²) in [5, 5.41) is 0. The van der Waals surface area contributed by atoms with Crippen molar-refractivity contribution in [3.63, 3.8) is 0 Å². The van der Waals surface area contributed by atoms with E-state index in [-0.39, 0.29) is 0 Å². The van der Waals surface area contributed by atoms with Gasteiger partial charge in [0.1, 0.15) is 0 Å². The van der Waals surface area contributed by atoms with E-state index in [9.17, 15) is 0 Å². The molecule has 0 amide bonds. The van der Waals surface area contributed by atoms with Crippen LogP contribution in [-0.2, 0) is 0 Å². The fourth-order valence-corrected chi connectivity index (χ4v) is 3.90. The van der Waals surface area contributed by atoms with Gasteiger partial charge in [-0.2, -0.15) is 0 Å². The van der Waals surface area contributed by atoms with Crippen LogP contribution in [0.2, 0.25) is 0 Å². The molecule has 2 unspecified atom stereocenters. The topological polar surface area (TPSA) is 6.48 Å². The van der Waals surface area contributed by atoms with Crippen LogP contribution in [-0.4, -0.2) is 45.2 Å². The van der Waals surface area contributed by atoms with Gasteiger partial charge in [0.15, 0.2) is 0 Å². The Hall–Kier alpha value is 0.650. The van der Waals surface area contributed by atoms with Gasteiger partial charge < -0.3 is 0 Å². The first kappa shape index (κ1) is 8.26. The SMILES string of the molecule is C[I-]N1CC2CCC(C1)N2C. The summed E-state index contributed by atoms with van der Waals surface area (Å²) in [6.07, 6.45) is 2.89. The van der Waals surface area contributed by atoms with Crippen molar-refractivity contribution in [3.05, 3.63) is 0 Å². The third-order valence-electron chi connectivity index (χ3n) is 3.04. The van der Waals surface area contributed by atoms with Gasteiger partial charge in [0, 0.05) is 0 Å². The average Bonchev–Trinajstić information content (AvgIpc) is 2.26.